The van der Waals surface area contributed by atoms with Crippen molar-refractivity contribution < 1.29 is 4.79 Å². The summed E-state index contributed by atoms with van der Waals surface area (Å²) in [6, 6.07) is 12.6. The van der Waals surface area contributed by atoms with Gasteiger partial charge in [0.1, 0.15) is 0 Å². The number of amides is 1. The highest BCUT2D eigenvalue weighted by atomic mass is 32.2. The van der Waals surface area contributed by atoms with Crippen molar-refractivity contribution >= 4 is 29.0 Å². The molecule has 1 atom stereocenters. The molecule has 0 saturated heterocycles. The fraction of sp³-hybridized carbons (Fsp3) is 0.353. The molecule has 2 rings (SSSR count). The first-order valence-electron chi connectivity index (χ1n) is 7.22. The molecule has 0 aliphatic carbocycles. The van der Waals surface area contributed by atoms with Crippen LogP contribution < -0.4 is 5.32 Å². The lowest BCUT2D eigenvalue weighted by Crippen LogP contribution is -2.36. The fourth-order valence-electron chi connectivity index (χ4n) is 2.24. The number of carbonyl (C=O) groups is 1. The summed E-state index contributed by atoms with van der Waals surface area (Å²) in [6.45, 7) is 3.19. The van der Waals surface area contributed by atoms with Gasteiger partial charge in [-0.15, -0.1) is 23.1 Å². The Balaban J connectivity index is 1.80. The van der Waals surface area contributed by atoms with Gasteiger partial charge in [0.05, 0.1) is 12.6 Å². The van der Waals surface area contributed by atoms with Gasteiger partial charge in [-0.05, 0) is 49.4 Å². The van der Waals surface area contributed by atoms with Crippen LogP contribution >= 0.6 is 23.1 Å². The Labute approximate surface area is 140 Å². The summed E-state index contributed by atoms with van der Waals surface area (Å²) in [5.41, 5.74) is 1.22. The number of nitrogens with one attached hydrogen (secondary N) is 1. The number of hydrogen-bond donors (Lipinski definition) is 1. The predicted octanol–water partition coefficient (Wildman–Crippen LogP) is 3.78. The number of hydrogen-bond acceptors (Lipinski definition) is 4. The van der Waals surface area contributed by atoms with Gasteiger partial charge in [0.25, 0.3) is 0 Å². The van der Waals surface area contributed by atoms with E-state index in [1.54, 1.807) is 23.1 Å². The number of rotatable bonds is 7. The lowest BCUT2D eigenvalue weighted by Gasteiger charge is -2.18. The van der Waals surface area contributed by atoms with E-state index in [1.807, 2.05) is 36.4 Å². The van der Waals surface area contributed by atoms with Crippen molar-refractivity contribution in [3.63, 3.8) is 0 Å². The first-order valence-corrected chi connectivity index (χ1v) is 9.33. The lowest BCUT2D eigenvalue weighted by atomic mass is 10.2. The van der Waals surface area contributed by atoms with E-state index in [-0.39, 0.29) is 11.9 Å². The Hall–Kier alpha value is -1.30. The molecule has 0 saturated carbocycles. The van der Waals surface area contributed by atoms with Crippen LogP contribution in [-0.2, 0) is 11.3 Å². The van der Waals surface area contributed by atoms with Gasteiger partial charge in [-0.25, -0.2) is 0 Å². The number of thiophene rings is 1. The van der Waals surface area contributed by atoms with Crippen molar-refractivity contribution in [1.29, 1.82) is 0 Å². The smallest absolute Gasteiger partial charge is 0.234 e. The summed E-state index contributed by atoms with van der Waals surface area (Å²) in [7, 11) is 1.97. The van der Waals surface area contributed by atoms with Crippen molar-refractivity contribution in [2.45, 2.75) is 24.4 Å². The topological polar surface area (TPSA) is 32.3 Å². The zero-order chi connectivity index (χ0) is 15.9. The molecule has 2 aromatic rings. The van der Waals surface area contributed by atoms with Crippen molar-refractivity contribution in [2.24, 2.45) is 0 Å². The molecule has 1 heterocycles. The van der Waals surface area contributed by atoms with Crippen molar-refractivity contribution in [3.05, 3.63) is 52.2 Å². The zero-order valence-electron chi connectivity index (χ0n) is 13.2. The third-order valence-electron chi connectivity index (χ3n) is 3.37. The quantitative estimate of drug-likeness (QED) is 0.782. The summed E-state index contributed by atoms with van der Waals surface area (Å²) in [6.07, 6.45) is 2.07. The van der Waals surface area contributed by atoms with Gasteiger partial charge in [0.15, 0.2) is 0 Å². The molecule has 22 heavy (non-hydrogen) atoms. The van der Waals surface area contributed by atoms with Crippen LogP contribution in [-0.4, -0.2) is 30.7 Å². The summed E-state index contributed by atoms with van der Waals surface area (Å²) >= 11 is 3.40. The van der Waals surface area contributed by atoms with Gasteiger partial charge in [-0.3, -0.25) is 9.69 Å². The summed E-state index contributed by atoms with van der Waals surface area (Å²) in [4.78, 5) is 16.6. The van der Waals surface area contributed by atoms with Crippen LogP contribution in [0.3, 0.4) is 0 Å². The lowest BCUT2D eigenvalue weighted by molar-refractivity contribution is -0.122. The minimum absolute atomic E-state index is 0.0594. The van der Waals surface area contributed by atoms with Gasteiger partial charge in [-0.2, -0.15) is 0 Å². The monoisotopic (exact) mass is 334 g/mol. The van der Waals surface area contributed by atoms with Crippen LogP contribution in [0.2, 0.25) is 0 Å². The van der Waals surface area contributed by atoms with E-state index in [1.165, 1.54) is 15.3 Å². The predicted molar refractivity (Wildman–Crippen MR) is 95.4 cm³/mol. The molecule has 1 aromatic heterocycles. The summed E-state index contributed by atoms with van der Waals surface area (Å²) in [5.74, 6) is 0.0594. The maximum absolute atomic E-state index is 12.1. The second-order valence-electron chi connectivity index (χ2n) is 5.32. The molecule has 1 aromatic carbocycles. The van der Waals surface area contributed by atoms with Gasteiger partial charge in [-0.1, -0.05) is 18.2 Å². The third kappa shape index (κ3) is 5.16. The van der Waals surface area contributed by atoms with Crippen molar-refractivity contribution in [2.75, 3.05) is 19.8 Å². The standard InChI is InChI=1S/C17H22N2OS2/c1-13(16-5-4-10-22-16)18-17(20)12-19(2)11-14-6-8-15(21-3)9-7-14/h4-10,13H,11-12H2,1-3H3,(H,18,20). The second-order valence-corrected chi connectivity index (χ2v) is 7.18. The molecule has 5 heteroatoms. The molecular weight excluding hydrogens is 312 g/mol. The van der Waals surface area contributed by atoms with E-state index in [4.69, 9.17) is 0 Å². The van der Waals surface area contributed by atoms with Crippen LogP contribution in [0.25, 0.3) is 0 Å². The molecule has 1 amide bonds. The Morgan fingerprint density at radius 1 is 1.32 bits per heavy atom. The van der Waals surface area contributed by atoms with Crippen LogP contribution in [0.5, 0.6) is 0 Å². The van der Waals surface area contributed by atoms with E-state index in [0.29, 0.717) is 6.54 Å². The summed E-state index contributed by atoms with van der Waals surface area (Å²) in [5, 5.41) is 5.07. The number of likely N-dealkylation sites (N-methyl/N-ethyl adjacent to an activating group) is 1. The number of thioether (sulfide) groups is 1. The Bertz CT molecular complexity index is 581. The normalized spacial score (nSPS) is 12.4. The molecule has 0 aliphatic rings. The van der Waals surface area contributed by atoms with Gasteiger partial charge in [0.2, 0.25) is 5.91 Å². The highest BCUT2D eigenvalue weighted by Crippen LogP contribution is 2.18. The average Bonchev–Trinajstić information content (AvgIpc) is 3.02. The van der Waals surface area contributed by atoms with Crippen LogP contribution in [0.4, 0.5) is 0 Å². The first-order chi connectivity index (χ1) is 10.6. The Morgan fingerprint density at radius 2 is 2.05 bits per heavy atom. The largest absolute Gasteiger partial charge is 0.348 e. The molecular formula is C17H22N2OS2. The first kappa shape index (κ1) is 17.1. The maximum Gasteiger partial charge on any atom is 0.234 e. The SMILES string of the molecule is CSc1ccc(CN(C)CC(=O)NC(C)c2cccs2)cc1. The number of benzene rings is 1. The molecule has 0 fully saturated rings. The highest BCUT2D eigenvalue weighted by molar-refractivity contribution is 7.98. The Morgan fingerprint density at radius 3 is 2.64 bits per heavy atom. The molecule has 1 N–H and O–H groups in total. The molecule has 0 bridgehead atoms. The van der Waals surface area contributed by atoms with Crippen LogP contribution in [0.15, 0.2) is 46.7 Å². The molecule has 0 radical (unpaired) electrons. The molecule has 118 valence electrons. The van der Waals surface area contributed by atoms with E-state index in [0.717, 1.165) is 6.54 Å². The van der Waals surface area contributed by atoms with E-state index >= 15 is 0 Å². The fourth-order valence-corrected chi connectivity index (χ4v) is 3.38. The summed E-state index contributed by atoms with van der Waals surface area (Å²) < 4.78 is 0. The van der Waals surface area contributed by atoms with Crippen LogP contribution in [0, 0.1) is 0 Å². The van der Waals surface area contributed by atoms with Gasteiger partial charge < -0.3 is 5.32 Å². The van der Waals surface area contributed by atoms with Crippen molar-refractivity contribution in [1.82, 2.24) is 10.2 Å². The number of carbonyl (C=O) groups excluding carboxylic acids is 1. The minimum Gasteiger partial charge on any atom is -0.348 e. The van der Waals surface area contributed by atoms with Crippen molar-refractivity contribution in [3.8, 4) is 0 Å². The molecule has 0 spiro atoms. The molecule has 3 nitrogen and oxygen atoms in total. The number of nitrogens with zero attached hydrogens (tertiary/aromatic N) is 1. The van der Waals surface area contributed by atoms with E-state index < -0.39 is 0 Å². The van der Waals surface area contributed by atoms with E-state index in [2.05, 4.69) is 35.8 Å². The average molecular weight is 335 g/mol. The zero-order valence-corrected chi connectivity index (χ0v) is 14.8. The maximum atomic E-state index is 12.1. The molecule has 0 aliphatic heterocycles. The van der Waals surface area contributed by atoms with E-state index in [9.17, 15) is 4.79 Å². The highest BCUT2D eigenvalue weighted by Gasteiger charge is 2.12. The van der Waals surface area contributed by atoms with Gasteiger partial charge >= 0.3 is 0 Å². The third-order valence-corrected chi connectivity index (χ3v) is 5.17. The molecule has 1 unspecified atom stereocenters. The second kappa shape index (κ2) is 8.36. The minimum atomic E-state index is 0.0594. The van der Waals surface area contributed by atoms with Crippen LogP contribution in [0.1, 0.15) is 23.4 Å². The Kier molecular flexibility index (Phi) is 6.49. The van der Waals surface area contributed by atoms with Gasteiger partial charge in [0, 0.05) is 16.3 Å².